The first-order valence-electron chi connectivity index (χ1n) is 6.63. The molecule has 102 valence electrons. The van der Waals surface area contributed by atoms with Gasteiger partial charge in [-0.05, 0) is 53.6 Å². The highest BCUT2D eigenvalue weighted by Crippen LogP contribution is 2.27. The average molecular weight is 374 g/mol. The Balaban J connectivity index is 1.67. The number of rotatable bonds is 2. The van der Waals surface area contributed by atoms with Crippen molar-refractivity contribution in [3.63, 3.8) is 0 Å². The van der Waals surface area contributed by atoms with Gasteiger partial charge >= 0.3 is 0 Å². The molecule has 3 nitrogen and oxygen atoms in total. The van der Waals surface area contributed by atoms with Gasteiger partial charge in [-0.2, -0.15) is 0 Å². The summed E-state index contributed by atoms with van der Waals surface area (Å²) in [5.41, 5.74) is 0.613. The Morgan fingerprint density at radius 1 is 1.21 bits per heavy atom. The van der Waals surface area contributed by atoms with E-state index < -0.39 is 0 Å². The van der Waals surface area contributed by atoms with Crippen LogP contribution in [0.25, 0.3) is 0 Å². The van der Waals surface area contributed by atoms with Crippen molar-refractivity contribution in [1.29, 1.82) is 0 Å². The van der Waals surface area contributed by atoms with Crippen LogP contribution in [-0.2, 0) is 0 Å². The second kappa shape index (κ2) is 5.36. The first-order chi connectivity index (χ1) is 9.15. The molecular formula is C14H16FIN2O. The van der Waals surface area contributed by atoms with Gasteiger partial charge in [-0.1, -0.05) is 0 Å². The Kier molecular flexibility index (Phi) is 3.75. The van der Waals surface area contributed by atoms with E-state index in [-0.39, 0.29) is 11.7 Å². The summed E-state index contributed by atoms with van der Waals surface area (Å²) < 4.78 is 13.8. The predicted octanol–water partition coefficient (Wildman–Crippen LogP) is 2.35. The van der Waals surface area contributed by atoms with Crippen LogP contribution in [0.3, 0.4) is 0 Å². The predicted molar refractivity (Wildman–Crippen MR) is 79.6 cm³/mol. The molecule has 2 aliphatic rings. The Morgan fingerprint density at radius 3 is 2.47 bits per heavy atom. The van der Waals surface area contributed by atoms with Gasteiger partial charge < -0.3 is 4.90 Å². The van der Waals surface area contributed by atoms with Crippen LogP contribution in [0.2, 0.25) is 0 Å². The summed E-state index contributed by atoms with van der Waals surface area (Å²) in [5, 5.41) is 0. The third kappa shape index (κ3) is 2.91. The molecule has 1 heterocycles. The van der Waals surface area contributed by atoms with Gasteiger partial charge in [0.2, 0.25) is 0 Å². The Bertz CT molecular complexity index is 496. The molecule has 3 rings (SSSR count). The van der Waals surface area contributed by atoms with Crippen LogP contribution in [0, 0.1) is 9.39 Å². The zero-order valence-electron chi connectivity index (χ0n) is 10.6. The molecule has 19 heavy (non-hydrogen) atoms. The number of hydrogen-bond donors (Lipinski definition) is 0. The van der Waals surface area contributed by atoms with Crippen LogP contribution in [0.15, 0.2) is 18.2 Å². The van der Waals surface area contributed by atoms with Gasteiger partial charge in [0.25, 0.3) is 5.91 Å². The minimum Gasteiger partial charge on any atom is -0.336 e. The van der Waals surface area contributed by atoms with E-state index in [1.165, 1.54) is 25.0 Å². The van der Waals surface area contributed by atoms with E-state index in [1.807, 2.05) is 27.5 Å². The number of nitrogens with zero attached hydrogens (tertiary/aromatic N) is 2. The van der Waals surface area contributed by atoms with Crippen molar-refractivity contribution < 1.29 is 9.18 Å². The van der Waals surface area contributed by atoms with Crippen LogP contribution >= 0.6 is 22.6 Å². The molecule has 0 N–H and O–H groups in total. The summed E-state index contributed by atoms with van der Waals surface area (Å²) in [7, 11) is 0. The highest BCUT2D eigenvalue weighted by Gasteiger charge is 2.32. The minimum atomic E-state index is -0.292. The van der Waals surface area contributed by atoms with Crippen LogP contribution in [0.4, 0.5) is 4.39 Å². The summed E-state index contributed by atoms with van der Waals surface area (Å²) in [4.78, 5) is 16.8. The standard InChI is InChI=1S/C14H16FIN2O/c15-10-1-4-12(13(16)9-10)14(19)18-7-5-17(6-8-18)11-2-3-11/h1,4,9,11H,2-3,5-8H2. The van der Waals surface area contributed by atoms with Crippen molar-refractivity contribution >= 4 is 28.5 Å². The van der Waals surface area contributed by atoms with E-state index in [2.05, 4.69) is 4.90 Å². The van der Waals surface area contributed by atoms with Crippen LogP contribution < -0.4 is 0 Å². The fourth-order valence-corrected chi connectivity index (χ4v) is 3.27. The molecule has 0 spiro atoms. The molecule has 0 atom stereocenters. The third-order valence-corrected chi connectivity index (χ3v) is 4.72. The zero-order chi connectivity index (χ0) is 13.4. The van der Waals surface area contributed by atoms with Gasteiger partial charge in [0.1, 0.15) is 5.82 Å². The highest BCUT2D eigenvalue weighted by molar-refractivity contribution is 14.1. The van der Waals surface area contributed by atoms with Crippen molar-refractivity contribution in [3.8, 4) is 0 Å². The lowest BCUT2D eigenvalue weighted by Crippen LogP contribution is -2.49. The van der Waals surface area contributed by atoms with Gasteiger partial charge in [-0.15, -0.1) is 0 Å². The number of hydrogen-bond acceptors (Lipinski definition) is 2. The fourth-order valence-electron chi connectivity index (χ4n) is 2.56. The SMILES string of the molecule is O=C(c1ccc(F)cc1I)N1CCN(C2CC2)CC1. The van der Waals surface area contributed by atoms with Crippen LogP contribution in [0.5, 0.6) is 0 Å². The minimum absolute atomic E-state index is 0.0276. The summed E-state index contributed by atoms with van der Waals surface area (Å²) >= 11 is 2.02. The Labute approximate surface area is 125 Å². The van der Waals surface area contributed by atoms with E-state index >= 15 is 0 Å². The number of halogens is 2. The summed E-state index contributed by atoms with van der Waals surface area (Å²) in [5.74, 6) is -0.264. The first-order valence-corrected chi connectivity index (χ1v) is 7.71. The molecule has 1 aromatic rings. The van der Waals surface area contributed by atoms with Gasteiger partial charge in [0, 0.05) is 35.8 Å². The second-order valence-corrected chi connectivity index (χ2v) is 6.35. The number of carbonyl (C=O) groups excluding carboxylic acids is 1. The van der Waals surface area contributed by atoms with E-state index in [0.717, 1.165) is 32.2 Å². The van der Waals surface area contributed by atoms with Gasteiger partial charge in [-0.25, -0.2) is 4.39 Å². The number of amides is 1. The quantitative estimate of drug-likeness (QED) is 0.743. The number of benzene rings is 1. The van der Waals surface area contributed by atoms with Crippen molar-refractivity contribution in [2.45, 2.75) is 18.9 Å². The molecule has 0 bridgehead atoms. The third-order valence-electron chi connectivity index (χ3n) is 3.83. The number of piperazine rings is 1. The molecule has 1 aliphatic carbocycles. The summed E-state index contributed by atoms with van der Waals surface area (Å²) in [6, 6.07) is 5.12. The molecule has 0 unspecified atom stereocenters. The lowest BCUT2D eigenvalue weighted by atomic mass is 10.1. The van der Waals surface area contributed by atoms with E-state index in [0.29, 0.717) is 9.13 Å². The van der Waals surface area contributed by atoms with Crippen molar-refractivity contribution in [2.75, 3.05) is 26.2 Å². The van der Waals surface area contributed by atoms with Gasteiger partial charge in [0.15, 0.2) is 0 Å². The Morgan fingerprint density at radius 2 is 1.89 bits per heavy atom. The first kappa shape index (κ1) is 13.3. The van der Waals surface area contributed by atoms with Crippen LogP contribution in [0.1, 0.15) is 23.2 Å². The van der Waals surface area contributed by atoms with Gasteiger partial charge in [0.05, 0.1) is 5.56 Å². The lowest BCUT2D eigenvalue weighted by molar-refractivity contribution is 0.0626. The molecule has 5 heteroatoms. The van der Waals surface area contributed by atoms with E-state index in [9.17, 15) is 9.18 Å². The Hall–Kier alpha value is -0.690. The molecule has 2 fully saturated rings. The largest absolute Gasteiger partial charge is 0.336 e. The maximum Gasteiger partial charge on any atom is 0.255 e. The second-order valence-electron chi connectivity index (χ2n) is 5.18. The maximum absolute atomic E-state index is 13.1. The normalized spacial score (nSPS) is 20.6. The topological polar surface area (TPSA) is 23.6 Å². The molecule has 0 radical (unpaired) electrons. The fraction of sp³-hybridized carbons (Fsp3) is 0.500. The van der Waals surface area contributed by atoms with Crippen molar-refractivity contribution in [3.05, 3.63) is 33.1 Å². The molecule has 1 aliphatic heterocycles. The smallest absolute Gasteiger partial charge is 0.255 e. The molecule has 1 amide bonds. The van der Waals surface area contributed by atoms with Crippen molar-refractivity contribution in [1.82, 2.24) is 9.80 Å². The van der Waals surface area contributed by atoms with E-state index in [1.54, 1.807) is 6.07 Å². The maximum atomic E-state index is 13.1. The summed E-state index contributed by atoms with van der Waals surface area (Å²) in [6.45, 7) is 3.49. The molecule has 1 saturated carbocycles. The average Bonchev–Trinajstić information content (AvgIpc) is 3.22. The summed E-state index contributed by atoms with van der Waals surface area (Å²) in [6.07, 6.45) is 2.62. The monoisotopic (exact) mass is 374 g/mol. The van der Waals surface area contributed by atoms with Crippen LogP contribution in [-0.4, -0.2) is 47.9 Å². The molecule has 1 aromatic carbocycles. The van der Waals surface area contributed by atoms with Crippen molar-refractivity contribution in [2.24, 2.45) is 0 Å². The number of carbonyl (C=O) groups is 1. The van der Waals surface area contributed by atoms with Gasteiger partial charge in [-0.3, -0.25) is 9.69 Å². The molecule has 0 aromatic heterocycles. The zero-order valence-corrected chi connectivity index (χ0v) is 12.8. The lowest BCUT2D eigenvalue weighted by Gasteiger charge is -2.35. The highest BCUT2D eigenvalue weighted by atomic mass is 127. The molecular weight excluding hydrogens is 358 g/mol. The van der Waals surface area contributed by atoms with E-state index in [4.69, 9.17) is 0 Å². The molecule has 1 saturated heterocycles.